The summed E-state index contributed by atoms with van der Waals surface area (Å²) >= 11 is 0. The Hall–Kier alpha value is -2.34. The van der Waals surface area contributed by atoms with E-state index in [4.69, 9.17) is 0 Å². The minimum atomic E-state index is 0.440. The molecule has 0 saturated carbocycles. The van der Waals surface area contributed by atoms with Crippen LogP contribution in [0, 0.1) is 18.3 Å². The van der Waals surface area contributed by atoms with Gasteiger partial charge in [0.15, 0.2) is 0 Å². The SMILES string of the molecule is C=C.C=C(CCCC)C(CC)CC(C)(C)C.CC.Cc1ccc(/C=C/Cc2ccccc2)cc1. The Balaban J connectivity index is 0. The molecule has 0 aliphatic heterocycles. The van der Waals surface area contributed by atoms with Crippen molar-refractivity contribution in [3.05, 3.63) is 103 Å². The Morgan fingerprint density at radius 1 is 0.912 bits per heavy atom. The van der Waals surface area contributed by atoms with E-state index in [9.17, 15) is 0 Å². The first-order chi connectivity index (χ1) is 16.2. The zero-order valence-corrected chi connectivity index (χ0v) is 23.8. The van der Waals surface area contributed by atoms with Crippen LogP contribution in [0.2, 0.25) is 0 Å². The van der Waals surface area contributed by atoms with Gasteiger partial charge in [-0.15, -0.1) is 13.2 Å². The largest absolute Gasteiger partial charge is 0.106 e. The van der Waals surface area contributed by atoms with Crippen LogP contribution in [0.3, 0.4) is 0 Å². The first kappa shape index (κ1) is 33.8. The highest BCUT2D eigenvalue weighted by Gasteiger charge is 2.19. The van der Waals surface area contributed by atoms with Crippen LogP contribution in [0.15, 0.2) is 86.0 Å². The second-order valence-corrected chi connectivity index (χ2v) is 9.63. The Morgan fingerprint density at radius 3 is 1.94 bits per heavy atom. The standard InChI is InChI=1S/C16H16.C14H28.C2H6.C2H4/c1-14-10-12-16(13-11-14)9-5-8-15-6-3-2-4-7-15;1-7-9-10-12(3)13(8-2)11-14(4,5)6;2*1-2/h2-7,9-13H,8H2,1H3;13H,3,7-11H2,1-2,4-6H3;1-2H3;1-2H2/b9-5+;;;. The number of aryl methyl sites for hydroxylation is 1. The lowest BCUT2D eigenvalue weighted by molar-refractivity contribution is 0.309. The van der Waals surface area contributed by atoms with Gasteiger partial charge in [-0.2, -0.15) is 0 Å². The van der Waals surface area contributed by atoms with E-state index in [0.29, 0.717) is 5.41 Å². The van der Waals surface area contributed by atoms with E-state index in [0.717, 1.165) is 12.3 Å². The van der Waals surface area contributed by atoms with Crippen LogP contribution >= 0.6 is 0 Å². The predicted octanol–water partition coefficient (Wildman–Crippen LogP) is 11.3. The lowest BCUT2D eigenvalue weighted by Crippen LogP contribution is -2.14. The van der Waals surface area contributed by atoms with Crippen molar-refractivity contribution in [1.29, 1.82) is 0 Å². The van der Waals surface area contributed by atoms with Crippen molar-refractivity contribution in [3.63, 3.8) is 0 Å². The molecule has 2 aromatic carbocycles. The molecule has 34 heavy (non-hydrogen) atoms. The average Bonchev–Trinajstić information content (AvgIpc) is 2.85. The van der Waals surface area contributed by atoms with Crippen molar-refractivity contribution in [3.8, 4) is 0 Å². The van der Waals surface area contributed by atoms with E-state index in [2.05, 4.69) is 122 Å². The molecule has 0 saturated heterocycles. The highest BCUT2D eigenvalue weighted by Crippen LogP contribution is 2.32. The summed E-state index contributed by atoms with van der Waals surface area (Å²) in [6, 6.07) is 19.1. The van der Waals surface area contributed by atoms with Crippen molar-refractivity contribution in [2.24, 2.45) is 11.3 Å². The van der Waals surface area contributed by atoms with Crippen molar-refractivity contribution in [2.75, 3.05) is 0 Å². The van der Waals surface area contributed by atoms with Crippen molar-refractivity contribution < 1.29 is 0 Å². The van der Waals surface area contributed by atoms with Gasteiger partial charge in [-0.3, -0.25) is 0 Å². The Morgan fingerprint density at radius 2 is 1.47 bits per heavy atom. The van der Waals surface area contributed by atoms with Crippen LogP contribution in [0.4, 0.5) is 0 Å². The zero-order valence-electron chi connectivity index (χ0n) is 23.8. The third-order valence-corrected chi connectivity index (χ3v) is 5.36. The molecule has 2 rings (SSSR count). The smallest absolute Gasteiger partial charge is 0.00941 e. The zero-order chi connectivity index (χ0) is 26.4. The predicted molar refractivity (Wildman–Crippen MR) is 159 cm³/mol. The Kier molecular flexibility index (Phi) is 21.1. The minimum Gasteiger partial charge on any atom is -0.106 e. The molecule has 0 bridgehead atoms. The normalized spacial score (nSPS) is 11.2. The fourth-order valence-corrected chi connectivity index (χ4v) is 3.55. The van der Waals surface area contributed by atoms with Crippen molar-refractivity contribution in [1.82, 2.24) is 0 Å². The van der Waals surface area contributed by atoms with Gasteiger partial charge in [0.1, 0.15) is 0 Å². The number of unbranched alkanes of at least 4 members (excludes halogenated alkanes) is 1. The first-order valence-corrected chi connectivity index (χ1v) is 13.2. The first-order valence-electron chi connectivity index (χ1n) is 13.2. The molecule has 0 N–H and O–H groups in total. The van der Waals surface area contributed by atoms with Gasteiger partial charge in [0.05, 0.1) is 0 Å². The van der Waals surface area contributed by atoms with Crippen LogP contribution in [0.1, 0.15) is 97.3 Å². The fourth-order valence-electron chi connectivity index (χ4n) is 3.55. The lowest BCUT2D eigenvalue weighted by atomic mass is 9.79. The van der Waals surface area contributed by atoms with Gasteiger partial charge in [-0.05, 0) is 61.5 Å². The summed E-state index contributed by atoms with van der Waals surface area (Å²) in [6.07, 6.45) is 11.7. The van der Waals surface area contributed by atoms with Gasteiger partial charge in [0.25, 0.3) is 0 Å². The molecule has 0 aromatic heterocycles. The van der Waals surface area contributed by atoms with E-state index in [1.165, 1.54) is 54.4 Å². The van der Waals surface area contributed by atoms with E-state index in [-0.39, 0.29) is 0 Å². The van der Waals surface area contributed by atoms with Crippen LogP contribution in [0.5, 0.6) is 0 Å². The van der Waals surface area contributed by atoms with Gasteiger partial charge in [0.2, 0.25) is 0 Å². The summed E-state index contributed by atoms with van der Waals surface area (Å²) in [5, 5.41) is 0. The van der Waals surface area contributed by atoms with Gasteiger partial charge in [0, 0.05) is 0 Å². The minimum absolute atomic E-state index is 0.440. The molecular formula is C34H54. The van der Waals surface area contributed by atoms with Crippen LogP contribution in [-0.2, 0) is 6.42 Å². The monoisotopic (exact) mass is 462 g/mol. The van der Waals surface area contributed by atoms with Crippen LogP contribution in [0.25, 0.3) is 6.08 Å². The molecule has 0 heteroatoms. The highest BCUT2D eigenvalue weighted by molar-refractivity contribution is 5.50. The Bertz CT molecular complexity index is 741. The van der Waals surface area contributed by atoms with E-state index in [1.54, 1.807) is 0 Å². The second kappa shape index (κ2) is 21.2. The number of benzene rings is 2. The molecule has 190 valence electrons. The lowest BCUT2D eigenvalue weighted by Gasteiger charge is -2.26. The molecule has 0 aliphatic rings. The number of hydrogen-bond donors (Lipinski definition) is 0. The molecule has 0 heterocycles. The molecule has 1 atom stereocenters. The maximum atomic E-state index is 4.25. The van der Waals surface area contributed by atoms with Crippen molar-refractivity contribution in [2.45, 2.75) is 93.9 Å². The maximum absolute atomic E-state index is 4.25. The second-order valence-electron chi connectivity index (χ2n) is 9.63. The maximum Gasteiger partial charge on any atom is -0.00941 e. The number of allylic oxidation sites excluding steroid dienone is 2. The van der Waals surface area contributed by atoms with Crippen molar-refractivity contribution >= 4 is 6.08 Å². The summed E-state index contributed by atoms with van der Waals surface area (Å²) in [5.41, 5.74) is 5.84. The molecule has 0 fully saturated rings. The van der Waals surface area contributed by atoms with E-state index in [1.807, 2.05) is 19.9 Å². The number of rotatable bonds is 9. The van der Waals surface area contributed by atoms with Gasteiger partial charge in [-0.1, -0.05) is 139 Å². The third kappa shape index (κ3) is 18.1. The summed E-state index contributed by atoms with van der Waals surface area (Å²) in [5.74, 6) is 0.738. The van der Waals surface area contributed by atoms with E-state index < -0.39 is 0 Å². The summed E-state index contributed by atoms with van der Waals surface area (Å²) in [7, 11) is 0. The topological polar surface area (TPSA) is 0 Å². The molecule has 0 nitrogen and oxygen atoms in total. The van der Waals surface area contributed by atoms with Crippen LogP contribution < -0.4 is 0 Å². The molecular weight excluding hydrogens is 408 g/mol. The van der Waals surface area contributed by atoms with Gasteiger partial charge in [-0.25, -0.2) is 0 Å². The Labute approximate surface area is 213 Å². The molecule has 0 amide bonds. The highest BCUT2D eigenvalue weighted by atomic mass is 14.2. The van der Waals surface area contributed by atoms with Gasteiger partial charge < -0.3 is 0 Å². The molecule has 2 aromatic rings. The summed E-state index contributed by atoms with van der Waals surface area (Å²) in [6.45, 7) is 27.9. The molecule has 0 radical (unpaired) electrons. The fraction of sp³-hybridized carbons (Fsp3) is 0.471. The third-order valence-electron chi connectivity index (χ3n) is 5.36. The van der Waals surface area contributed by atoms with Crippen LogP contribution in [-0.4, -0.2) is 0 Å². The summed E-state index contributed by atoms with van der Waals surface area (Å²) in [4.78, 5) is 0. The molecule has 1 unspecified atom stereocenters. The molecule has 0 aliphatic carbocycles. The number of hydrogen-bond acceptors (Lipinski definition) is 0. The van der Waals surface area contributed by atoms with Gasteiger partial charge >= 0.3 is 0 Å². The summed E-state index contributed by atoms with van der Waals surface area (Å²) < 4.78 is 0. The quantitative estimate of drug-likeness (QED) is 0.325. The average molecular weight is 463 g/mol. The molecule has 0 spiro atoms. The van der Waals surface area contributed by atoms with E-state index >= 15 is 0 Å².